The number of unbranched alkanes of at least 4 members (excludes halogenated alkanes) is 15. The van der Waals surface area contributed by atoms with E-state index in [0.717, 1.165) is 116 Å². The molecule has 0 aromatic carbocycles. The number of carbonyl (C=O) groups excluding carboxylic acids is 2. The fourth-order valence-electron chi connectivity index (χ4n) is 7.19. The van der Waals surface area contributed by atoms with Crippen LogP contribution < -0.4 is 0 Å². The van der Waals surface area contributed by atoms with Gasteiger partial charge in [-0.3, -0.25) is 9.59 Å². The topological polar surface area (TPSA) is 61.8 Å². The molecule has 0 aliphatic rings. The summed E-state index contributed by atoms with van der Waals surface area (Å²) in [5.41, 5.74) is 0. The van der Waals surface area contributed by atoms with Crippen LogP contribution in [0.2, 0.25) is 0 Å². The van der Waals surface area contributed by atoms with Crippen LogP contribution in [0.5, 0.6) is 0 Å². The molecule has 0 bridgehead atoms. The van der Waals surface area contributed by atoms with Gasteiger partial charge < -0.3 is 14.2 Å². The maximum Gasteiger partial charge on any atom is 0.306 e. The van der Waals surface area contributed by atoms with Crippen LogP contribution in [0, 0.1) is 0 Å². The molecular formula is C65H104O5. The summed E-state index contributed by atoms with van der Waals surface area (Å²) in [7, 11) is 0. The molecule has 0 aromatic heterocycles. The lowest BCUT2D eigenvalue weighted by molar-refractivity contribution is -0.162. The van der Waals surface area contributed by atoms with Gasteiger partial charge in [-0.2, -0.15) is 0 Å². The maximum absolute atomic E-state index is 12.8. The van der Waals surface area contributed by atoms with Crippen molar-refractivity contribution in [3.8, 4) is 0 Å². The molecule has 5 heteroatoms. The second-order valence-electron chi connectivity index (χ2n) is 18.1. The minimum absolute atomic E-state index is 0.0331. The molecule has 0 aromatic rings. The van der Waals surface area contributed by atoms with E-state index < -0.39 is 6.10 Å². The molecule has 0 radical (unpaired) electrons. The molecule has 0 fully saturated rings. The molecule has 0 heterocycles. The number of hydrogen-bond acceptors (Lipinski definition) is 5. The van der Waals surface area contributed by atoms with Crippen molar-refractivity contribution in [3.05, 3.63) is 146 Å². The maximum atomic E-state index is 12.8. The van der Waals surface area contributed by atoms with E-state index >= 15 is 0 Å². The van der Waals surface area contributed by atoms with Gasteiger partial charge in [0.2, 0.25) is 0 Å². The van der Waals surface area contributed by atoms with E-state index in [1.54, 1.807) is 0 Å². The van der Waals surface area contributed by atoms with E-state index in [1.165, 1.54) is 70.6 Å². The van der Waals surface area contributed by atoms with Gasteiger partial charge in [0, 0.05) is 19.4 Å². The third-order valence-electron chi connectivity index (χ3n) is 11.3. The van der Waals surface area contributed by atoms with Crippen LogP contribution in [-0.4, -0.2) is 37.9 Å². The van der Waals surface area contributed by atoms with Crippen molar-refractivity contribution in [1.82, 2.24) is 0 Å². The van der Waals surface area contributed by atoms with Crippen molar-refractivity contribution in [2.24, 2.45) is 0 Å². The van der Waals surface area contributed by atoms with Gasteiger partial charge >= 0.3 is 11.9 Å². The highest BCUT2D eigenvalue weighted by Crippen LogP contribution is 2.13. The summed E-state index contributed by atoms with van der Waals surface area (Å²) < 4.78 is 17.4. The second kappa shape index (κ2) is 59.1. The number of rotatable bonds is 50. The Balaban J connectivity index is 4.47. The van der Waals surface area contributed by atoms with E-state index in [-0.39, 0.29) is 25.2 Å². The van der Waals surface area contributed by atoms with Crippen LogP contribution in [0.1, 0.15) is 226 Å². The van der Waals surface area contributed by atoms with Crippen LogP contribution in [0.25, 0.3) is 0 Å². The van der Waals surface area contributed by atoms with Gasteiger partial charge in [-0.05, 0) is 135 Å². The second-order valence-corrected chi connectivity index (χ2v) is 18.1. The predicted molar refractivity (Wildman–Crippen MR) is 306 cm³/mol. The van der Waals surface area contributed by atoms with Gasteiger partial charge in [-0.25, -0.2) is 0 Å². The van der Waals surface area contributed by atoms with Crippen molar-refractivity contribution in [3.63, 3.8) is 0 Å². The third-order valence-corrected chi connectivity index (χ3v) is 11.3. The minimum Gasteiger partial charge on any atom is -0.462 e. The summed E-state index contributed by atoms with van der Waals surface area (Å²) >= 11 is 0. The van der Waals surface area contributed by atoms with Gasteiger partial charge in [0.1, 0.15) is 6.61 Å². The molecular weight excluding hydrogens is 861 g/mol. The first-order chi connectivity index (χ1) is 34.6. The highest BCUT2D eigenvalue weighted by molar-refractivity contribution is 5.70. The molecule has 0 amide bonds. The van der Waals surface area contributed by atoms with Crippen LogP contribution >= 0.6 is 0 Å². The summed E-state index contributed by atoms with van der Waals surface area (Å²) in [6.45, 7) is 7.40. The number of carbonyl (C=O) groups is 2. The Labute approximate surface area is 431 Å². The highest BCUT2D eigenvalue weighted by atomic mass is 16.6. The van der Waals surface area contributed by atoms with Crippen LogP contribution in [0.15, 0.2) is 146 Å². The van der Waals surface area contributed by atoms with E-state index in [1.807, 2.05) is 0 Å². The summed E-state index contributed by atoms with van der Waals surface area (Å²) in [5.74, 6) is -0.503. The van der Waals surface area contributed by atoms with Crippen molar-refractivity contribution in [2.45, 2.75) is 232 Å². The first-order valence-electron chi connectivity index (χ1n) is 28.4. The first kappa shape index (κ1) is 65.8. The van der Waals surface area contributed by atoms with Gasteiger partial charge in [0.25, 0.3) is 0 Å². The molecule has 0 aliphatic carbocycles. The Morgan fingerprint density at radius 3 is 1.07 bits per heavy atom. The fourth-order valence-corrected chi connectivity index (χ4v) is 7.19. The SMILES string of the molecule is CC/C=C\C/C=C\C/C=C\C/C=C\C/C=C\CCCCOCC(COC(=O)CCCCCCCCCCC/C=C\C/C=C\CCCCC)OC(=O)CCC/C=C\C/C=C\C/C=C\C/C=C\C/C=C\CC. The van der Waals surface area contributed by atoms with Crippen LogP contribution in [0.3, 0.4) is 0 Å². The summed E-state index contributed by atoms with van der Waals surface area (Å²) in [6, 6.07) is 0. The number of allylic oxidation sites excluding steroid dienone is 24. The number of esters is 2. The molecule has 0 saturated heterocycles. The lowest BCUT2D eigenvalue weighted by atomic mass is 10.1. The molecule has 0 aliphatic heterocycles. The standard InChI is InChI=1S/C65H104O5/c1-4-7-10-13-16-19-22-25-28-31-33-35-37-40-43-46-49-52-55-58-64(66)69-62-63(61-68-60-57-54-51-48-45-42-39-36-32-29-26-23-20-17-14-11-8-5-2)70-65(67)59-56-53-50-47-44-41-38-34-30-27-24-21-18-15-12-9-6-3/h8-9,11-12,16-21,25-30,36,38-39,41,45,47-48,50,63H,4-7,10,13-15,22-24,31-35,37,40,42-44,46,49,51-62H2,1-3H3/b11-8-,12-9-,19-16-,20-17-,21-18-,28-25-,29-26-,30-27-,39-36-,41-38-,48-45-,50-47-. The normalized spacial score (nSPS) is 13.4. The zero-order valence-corrected chi connectivity index (χ0v) is 45.2. The van der Waals surface area contributed by atoms with E-state index in [9.17, 15) is 9.59 Å². The van der Waals surface area contributed by atoms with Gasteiger partial charge in [-0.15, -0.1) is 0 Å². The van der Waals surface area contributed by atoms with Gasteiger partial charge in [0.15, 0.2) is 6.10 Å². The molecule has 70 heavy (non-hydrogen) atoms. The predicted octanol–water partition coefficient (Wildman–Crippen LogP) is 19.7. The van der Waals surface area contributed by atoms with Crippen molar-refractivity contribution < 1.29 is 23.8 Å². The molecule has 1 atom stereocenters. The Bertz CT molecular complexity index is 1510. The largest absolute Gasteiger partial charge is 0.462 e. The van der Waals surface area contributed by atoms with E-state index in [4.69, 9.17) is 14.2 Å². The zero-order valence-electron chi connectivity index (χ0n) is 45.2. The Morgan fingerprint density at radius 1 is 0.329 bits per heavy atom. The molecule has 5 nitrogen and oxygen atoms in total. The summed E-state index contributed by atoms with van der Waals surface area (Å²) in [5, 5.41) is 0. The fraction of sp³-hybridized carbons (Fsp3) is 0.600. The average Bonchev–Trinajstić information content (AvgIpc) is 3.36. The Morgan fingerprint density at radius 2 is 0.657 bits per heavy atom. The first-order valence-corrected chi connectivity index (χ1v) is 28.4. The monoisotopic (exact) mass is 965 g/mol. The minimum atomic E-state index is -0.602. The summed E-state index contributed by atoms with van der Waals surface area (Å²) in [4.78, 5) is 25.5. The Hall–Kier alpha value is -4.22. The number of ether oxygens (including phenoxy) is 3. The van der Waals surface area contributed by atoms with Crippen molar-refractivity contribution >= 4 is 11.9 Å². The molecule has 1 unspecified atom stereocenters. The number of hydrogen-bond donors (Lipinski definition) is 0. The van der Waals surface area contributed by atoms with Gasteiger partial charge in [0.05, 0.1) is 6.61 Å². The molecule has 0 N–H and O–H groups in total. The Kier molecular flexibility index (Phi) is 55.5. The quantitative estimate of drug-likeness (QED) is 0.0345. The lowest BCUT2D eigenvalue weighted by Crippen LogP contribution is -2.30. The summed E-state index contributed by atoms with van der Waals surface area (Å²) in [6.07, 6.45) is 85.9. The average molecular weight is 966 g/mol. The molecule has 0 saturated carbocycles. The van der Waals surface area contributed by atoms with Crippen LogP contribution in [-0.2, 0) is 23.8 Å². The molecule has 0 spiro atoms. The molecule has 0 rings (SSSR count). The van der Waals surface area contributed by atoms with Crippen LogP contribution in [0.4, 0.5) is 0 Å². The lowest BCUT2D eigenvalue weighted by Gasteiger charge is -2.18. The van der Waals surface area contributed by atoms with E-state index in [2.05, 4.69) is 167 Å². The van der Waals surface area contributed by atoms with Crippen molar-refractivity contribution in [1.29, 1.82) is 0 Å². The smallest absolute Gasteiger partial charge is 0.306 e. The third kappa shape index (κ3) is 56.4. The van der Waals surface area contributed by atoms with Crippen molar-refractivity contribution in [2.75, 3.05) is 19.8 Å². The highest BCUT2D eigenvalue weighted by Gasteiger charge is 2.17. The zero-order chi connectivity index (χ0) is 50.6. The van der Waals surface area contributed by atoms with E-state index in [0.29, 0.717) is 25.9 Å². The molecule has 394 valence electrons. The van der Waals surface area contributed by atoms with Gasteiger partial charge in [-0.1, -0.05) is 224 Å².